The van der Waals surface area contributed by atoms with Crippen molar-refractivity contribution in [2.75, 3.05) is 34.2 Å². The van der Waals surface area contributed by atoms with E-state index in [-0.39, 0.29) is 22.5 Å². The molecule has 1 aromatic heterocycles. The van der Waals surface area contributed by atoms with Gasteiger partial charge in [0.05, 0.1) is 34.7 Å². The van der Waals surface area contributed by atoms with Crippen molar-refractivity contribution in [1.29, 1.82) is 10.5 Å². The Morgan fingerprint density at radius 2 is 1.41 bits per heavy atom. The van der Waals surface area contributed by atoms with E-state index in [1.165, 1.54) is 34.7 Å². The van der Waals surface area contributed by atoms with Crippen LogP contribution >= 0.6 is 0 Å². The minimum absolute atomic E-state index is 0.0761. The van der Waals surface area contributed by atoms with E-state index < -0.39 is 5.56 Å². The van der Waals surface area contributed by atoms with Crippen molar-refractivity contribution < 1.29 is 18.9 Å². The Hall–Kier alpha value is -4.96. The molecule has 0 unspecified atom stereocenters. The number of hydrogen-bond acceptors (Lipinski definition) is 9. The van der Waals surface area contributed by atoms with Gasteiger partial charge < -0.3 is 24.7 Å². The number of benzene rings is 2. The molecular weight excluding hydrogens is 438 g/mol. The number of nitrogens with two attached hydrogens (primary N) is 1. The smallest absolute Gasteiger partial charge is 0.291 e. The maximum absolute atomic E-state index is 13.1. The van der Waals surface area contributed by atoms with Crippen molar-refractivity contribution in [3.63, 3.8) is 0 Å². The Kier molecular flexibility index (Phi) is 7.04. The van der Waals surface area contributed by atoms with Gasteiger partial charge >= 0.3 is 0 Å². The summed E-state index contributed by atoms with van der Waals surface area (Å²) in [6.45, 7) is 0. The summed E-state index contributed by atoms with van der Waals surface area (Å²) in [5.74, 6) is 1.58. The summed E-state index contributed by atoms with van der Waals surface area (Å²) in [5, 5.41) is 23.8. The van der Waals surface area contributed by atoms with Crippen LogP contribution in [0.4, 0.5) is 5.82 Å². The number of rotatable bonds is 7. The number of anilines is 1. The van der Waals surface area contributed by atoms with Crippen molar-refractivity contribution in [2.45, 2.75) is 0 Å². The molecule has 34 heavy (non-hydrogen) atoms. The molecule has 172 valence electrons. The molecule has 3 aromatic rings. The number of nitriles is 2. The predicted octanol–water partition coefficient (Wildman–Crippen LogP) is 2.76. The topological polar surface area (TPSA) is 145 Å². The van der Waals surface area contributed by atoms with Crippen molar-refractivity contribution in [3.05, 3.63) is 63.4 Å². The molecule has 0 spiro atoms. The van der Waals surface area contributed by atoms with E-state index in [0.717, 1.165) is 4.68 Å². The number of hydrogen-bond donors (Lipinski definition) is 1. The van der Waals surface area contributed by atoms with Gasteiger partial charge in [-0.15, -0.1) is 0 Å². The van der Waals surface area contributed by atoms with Crippen LogP contribution in [-0.4, -0.2) is 39.3 Å². The van der Waals surface area contributed by atoms with Crippen LogP contribution in [0.3, 0.4) is 0 Å². The van der Waals surface area contributed by atoms with Crippen LogP contribution in [0.15, 0.2) is 46.3 Å². The molecule has 2 N–H and O–H groups in total. The third kappa shape index (κ3) is 4.20. The van der Waals surface area contributed by atoms with Gasteiger partial charge in [-0.1, -0.05) is 6.07 Å². The van der Waals surface area contributed by atoms with Crippen molar-refractivity contribution in [1.82, 2.24) is 4.68 Å². The standard InChI is InChI=1S/C24H21N5O5/c1-31-18-7-5-14(9-20(18)33-3)13-28-29-23(27)16(11-25)22(17(12-26)24(29)30)15-6-8-19(32-2)21(10-15)34-4/h5-10,13H,27H2,1-4H3/b28-13+. The SMILES string of the molecule is COc1ccc(/C=N/n2c(N)c(C#N)c(-c3ccc(OC)c(OC)c3)c(C#N)c2=O)cc1OC. The number of aromatic nitrogens is 1. The second-order valence-electron chi connectivity index (χ2n) is 6.78. The monoisotopic (exact) mass is 459 g/mol. The zero-order valence-electron chi connectivity index (χ0n) is 18.9. The van der Waals surface area contributed by atoms with Crippen LogP contribution in [0.1, 0.15) is 16.7 Å². The van der Waals surface area contributed by atoms with Gasteiger partial charge in [0.2, 0.25) is 0 Å². The van der Waals surface area contributed by atoms with E-state index in [1.54, 1.807) is 36.4 Å². The van der Waals surface area contributed by atoms with Crippen molar-refractivity contribution >= 4 is 12.0 Å². The second-order valence-corrected chi connectivity index (χ2v) is 6.78. The van der Waals surface area contributed by atoms with Crippen LogP contribution in [0, 0.1) is 22.7 Å². The molecule has 3 rings (SSSR count). The fraction of sp³-hybridized carbons (Fsp3) is 0.167. The quantitative estimate of drug-likeness (QED) is 0.531. The average Bonchev–Trinajstić information content (AvgIpc) is 2.87. The van der Waals surface area contributed by atoms with Crippen LogP contribution in [0.5, 0.6) is 23.0 Å². The van der Waals surface area contributed by atoms with Crippen LogP contribution in [0.25, 0.3) is 11.1 Å². The first-order valence-electron chi connectivity index (χ1n) is 9.81. The first-order valence-corrected chi connectivity index (χ1v) is 9.81. The Labute approximate surface area is 195 Å². The van der Waals surface area contributed by atoms with Crippen LogP contribution in [-0.2, 0) is 0 Å². The van der Waals surface area contributed by atoms with Gasteiger partial charge in [-0.05, 0) is 41.5 Å². The van der Waals surface area contributed by atoms with Crippen molar-refractivity contribution in [3.8, 4) is 46.3 Å². The Morgan fingerprint density at radius 3 is 1.97 bits per heavy atom. The molecule has 0 bridgehead atoms. The molecule has 0 fully saturated rings. The fourth-order valence-electron chi connectivity index (χ4n) is 3.35. The molecule has 0 aliphatic rings. The average molecular weight is 459 g/mol. The fourth-order valence-corrected chi connectivity index (χ4v) is 3.35. The molecule has 10 nitrogen and oxygen atoms in total. The summed E-state index contributed by atoms with van der Waals surface area (Å²) in [5.41, 5.74) is 6.08. The van der Waals surface area contributed by atoms with E-state index in [2.05, 4.69) is 5.10 Å². The first kappa shape index (κ1) is 23.7. The minimum Gasteiger partial charge on any atom is -0.493 e. The van der Waals surface area contributed by atoms with Gasteiger partial charge in [0, 0.05) is 5.56 Å². The maximum Gasteiger partial charge on any atom is 0.291 e. The van der Waals surface area contributed by atoms with Gasteiger partial charge in [0.15, 0.2) is 23.0 Å². The highest BCUT2D eigenvalue weighted by molar-refractivity contribution is 5.83. The Morgan fingerprint density at radius 1 is 0.853 bits per heavy atom. The second kappa shape index (κ2) is 10.1. The largest absolute Gasteiger partial charge is 0.493 e. The molecule has 0 radical (unpaired) electrons. The van der Waals surface area contributed by atoms with E-state index in [4.69, 9.17) is 24.7 Å². The first-order chi connectivity index (χ1) is 16.4. The zero-order chi connectivity index (χ0) is 24.8. The van der Waals surface area contributed by atoms with Crippen LogP contribution < -0.4 is 30.2 Å². The number of methoxy groups -OCH3 is 4. The Bertz CT molecular complexity index is 1410. The van der Waals surface area contributed by atoms with Gasteiger partial charge in [0.25, 0.3) is 5.56 Å². The Balaban J connectivity index is 2.21. The highest BCUT2D eigenvalue weighted by atomic mass is 16.5. The molecular formula is C24H21N5O5. The van der Waals surface area contributed by atoms with Crippen LogP contribution in [0.2, 0.25) is 0 Å². The molecule has 0 amide bonds. The number of pyridine rings is 1. The van der Waals surface area contributed by atoms with E-state index in [1.807, 2.05) is 12.1 Å². The number of nitrogen functional groups attached to an aromatic ring is 1. The summed E-state index contributed by atoms with van der Waals surface area (Å²) in [4.78, 5) is 13.1. The molecule has 0 aliphatic carbocycles. The predicted molar refractivity (Wildman–Crippen MR) is 126 cm³/mol. The molecule has 0 saturated heterocycles. The maximum atomic E-state index is 13.1. The third-order valence-electron chi connectivity index (χ3n) is 5.02. The molecule has 2 aromatic carbocycles. The van der Waals surface area contributed by atoms with Crippen molar-refractivity contribution in [2.24, 2.45) is 5.10 Å². The highest BCUT2D eigenvalue weighted by Gasteiger charge is 2.23. The molecule has 0 aliphatic heterocycles. The van der Waals surface area contributed by atoms with Gasteiger partial charge in [0.1, 0.15) is 29.1 Å². The van der Waals surface area contributed by atoms with E-state index in [9.17, 15) is 15.3 Å². The van der Waals surface area contributed by atoms with Gasteiger partial charge in [-0.25, -0.2) is 0 Å². The minimum atomic E-state index is -0.777. The third-order valence-corrected chi connectivity index (χ3v) is 5.02. The molecule has 10 heteroatoms. The van der Waals surface area contributed by atoms with E-state index >= 15 is 0 Å². The summed E-state index contributed by atoms with van der Waals surface area (Å²) in [7, 11) is 5.94. The number of nitrogens with zero attached hydrogens (tertiary/aromatic N) is 4. The van der Waals surface area contributed by atoms with Gasteiger partial charge in [-0.2, -0.15) is 20.3 Å². The lowest BCUT2D eigenvalue weighted by Gasteiger charge is -2.14. The van der Waals surface area contributed by atoms with Gasteiger partial charge in [-0.3, -0.25) is 4.79 Å². The lowest BCUT2D eigenvalue weighted by molar-refractivity contribution is 0.355. The van der Waals surface area contributed by atoms with E-state index in [0.29, 0.717) is 34.1 Å². The number of ether oxygens (including phenoxy) is 4. The lowest BCUT2D eigenvalue weighted by Crippen LogP contribution is -2.25. The lowest BCUT2D eigenvalue weighted by atomic mass is 9.96. The normalized spacial score (nSPS) is 10.4. The molecule has 1 heterocycles. The molecule has 0 atom stereocenters. The summed E-state index contributed by atoms with van der Waals surface area (Å²) in [6.07, 6.45) is 1.36. The summed E-state index contributed by atoms with van der Waals surface area (Å²) < 4.78 is 21.8. The summed E-state index contributed by atoms with van der Waals surface area (Å²) in [6, 6.07) is 13.7. The summed E-state index contributed by atoms with van der Waals surface area (Å²) >= 11 is 0. The highest BCUT2D eigenvalue weighted by Crippen LogP contribution is 2.36. The zero-order valence-corrected chi connectivity index (χ0v) is 18.9. The molecule has 0 saturated carbocycles.